The second-order valence-electron chi connectivity index (χ2n) is 4.85. The summed E-state index contributed by atoms with van der Waals surface area (Å²) in [4.78, 5) is 29.0. The Morgan fingerprint density at radius 1 is 1.29 bits per heavy atom. The number of carboxylic acids is 1. The lowest BCUT2D eigenvalue weighted by Crippen LogP contribution is -2.30. The summed E-state index contributed by atoms with van der Waals surface area (Å²) in [5, 5.41) is 9.02. The average Bonchev–Trinajstić information content (AvgIpc) is 2.87. The second-order valence-corrected chi connectivity index (χ2v) is 4.85. The molecule has 2 heterocycles. The maximum atomic E-state index is 12.2. The third-order valence-electron chi connectivity index (χ3n) is 3.13. The molecule has 0 aromatic carbocycles. The number of aromatic nitrogens is 2. The summed E-state index contributed by atoms with van der Waals surface area (Å²) in [5.74, 6) is -1.21. The van der Waals surface area contributed by atoms with Crippen LogP contribution in [0, 0.1) is 6.92 Å². The van der Waals surface area contributed by atoms with Gasteiger partial charge in [-0.3, -0.25) is 9.78 Å². The van der Waals surface area contributed by atoms with Crippen LogP contribution in [0.25, 0.3) is 0 Å². The number of rotatable bonds is 5. The van der Waals surface area contributed by atoms with Crippen LogP contribution in [0.15, 0.2) is 36.5 Å². The van der Waals surface area contributed by atoms with E-state index in [4.69, 9.17) is 5.11 Å². The highest BCUT2D eigenvalue weighted by molar-refractivity contribution is 5.86. The lowest BCUT2D eigenvalue weighted by Gasteiger charge is -2.18. The van der Waals surface area contributed by atoms with Crippen molar-refractivity contribution >= 4 is 11.9 Å². The number of hydrogen-bond acceptors (Lipinski definition) is 3. The minimum absolute atomic E-state index is 0.00303. The fraction of sp³-hybridized carbons (Fsp3) is 0.267. The molecule has 1 amide bonds. The van der Waals surface area contributed by atoms with E-state index in [0.29, 0.717) is 6.54 Å². The monoisotopic (exact) mass is 287 g/mol. The van der Waals surface area contributed by atoms with E-state index in [-0.39, 0.29) is 18.1 Å². The molecule has 1 N–H and O–H groups in total. The molecule has 2 aromatic heterocycles. The summed E-state index contributed by atoms with van der Waals surface area (Å²) in [6.45, 7) is 2.28. The highest BCUT2D eigenvalue weighted by Crippen LogP contribution is 2.06. The normalized spacial score (nSPS) is 10.4. The van der Waals surface area contributed by atoms with Crippen LogP contribution in [0.5, 0.6) is 0 Å². The Morgan fingerprint density at radius 2 is 2.05 bits per heavy atom. The number of amides is 1. The summed E-state index contributed by atoms with van der Waals surface area (Å²) in [7, 11) is 1.68. The summed E-state index contributed by atoms with van der Waals surface area (Å²) in [5.41, 5.74) is 1.80. The minimum atomic E-state index is -1.05. The van der Waals surface area contributed by atoms with Crippen molar-refractivity contribution in [3.63, 3.8) is 0 Å². The quantitative estimate of drug-likeness (QED) is 0.905. The Hall–Kier alpha value is -2.63. The Bertz CT molecular complexity index is 664. The van der Waals surface area contributed by atoms with Crippen LogP contribution in [0.1, 0.15) is 21.9 Å². The lowest BCUT2D eigenvalue weighted by molar-refractivity contribution is -0.131. The van der Waals surface area contributed by atoms with Crippen LogP contribution in [0.4, 0.5) is 0 Å². The van der Waals surface area contributed by atoms with Crippen LogP contribution < -0.4 is 0 Å². The molecule has 6 nitrogen and oxygen atoms in total. The highest BCUT2D eigenvalue weighted by atomic mass is 16.4. The molecule has 21 heavy (non-hydrogen) atoms. The van der Waals surface area contributed by atoms with E-state index in [1.54, 1.807) is 19.3 Å². The first-order valence-corrected chi connectivity index (χ1v) is 6.52. The first-order valence-electron chi connectivity index (χ1n) is 6.52. The largest absolute Gasteiger partial charge is 0.477 e. The molecule has 110 valence electrons. The van der Waals surface area contributed by atoms with Gasteiger partial charge < -0.3 is 14.6 Å². The Labute approximate surface area is 122 Å². The van der Waals surface area contributed by atoms with E-state index in [9.17, 15) is 9.59 Å². The molecule has 0 aliphatic heterocycles. The highest BCUT2D eigenvalue weighted by Gasteiger charge is 2.15. The zero-order valence-corrected chi connectivity index (χ0v) is 12.0. The number of likely N-dealkylation sites (N-methyl/N-ethyl adjacent to an activating group) is 1. The molecule has 0 aliphatic rings. The Morgan fingerprint density at radius 3 is 2.71 bits per heavy atom. The fourth-order valence-electron chi connectivity index (χ4n) is 2.03. The first kappa shape index (κ1) is 14.8. The van der Waals surface area contributed by atoms with Gasteiger partial charge in [-0.2, -0.15) is 0 Å². The van der Waals surface area contributed by atoms with E-state index in [1.165, 1.54) is 15.5 Å². The van der Waals surface area contributed by atoms with Gasteiger partial charge in [0.15, 0.2) is 0 Å². The number of pyridine rings is 1. The topological polar surface area (TPSA) is 75.4 Å². The predicted molar refractivity (Wildman–Crippen MR) is 76.8 cm³/mol. The fourth-order valence-corrected chi connectivity index (χ4v) is 2.03. The molecule has 0 bridgehead atoms. The molecule has 0 saturated carbocycles. The molecular formula is C15H17N3O3. The van der Waals surface area contributed by atoms with Crippen molar-refractivity contribution in [2.75, 3.05) is 7.05 Å². The van der Waals surface area contributed by atoms with Crippen molar-refractivity contribution < 1.29 is 14.7 Å². The molecule has 0 spiro atoms. The standard InChI is InChI=1S/C15H17N3O3/c1-11-5-3-6-12(16-11)9-17(2)14(19)10-18-8-4-7-13(18)15(20)21/h3-8H,9-10H2,1-2H3,(H,20,21). The van der Waals surface area contributed by atoms with Gasteiger partial charge >= 0.3 is 5.97 Å². The number of hydrogen-bond donors (Lipinski definition) is 1. The first-order chi connectivity index (χ1) is 9.97. The number of aromatic carboxylic acids is 1. The van der Waals surface area contributed by atoms with Crippen LogP contribution in [-0.4, -0.2) is 38.5 Å². The smallest absolute Gasteiger partial charge is 0.352 e. The van der Waals surface area contributed by atoms with E-state index in [1.807, 2.05) is 25.1 Å². The molecule has 0 unspecified atom stereocenters. The van der Waals surface area contributed by atoms with Gasteiger partial charge in [0.1, 0.15) is 12.2 Å². The second kappa shape index (κ2) is 6.21. The number of carbonyl (C=O) groups excluding carboxylic acids is 1. The van der Waals surface area contributed by atoms with E-state index < -0.39 is 5.97 Å². The zero-order chi connectivity index (χ0) is 15.4. The third-order valence-corrected chi connectivity index (χ3v) is 3.13. The van der Waals surface area contributed by atoms with Crippen molar-refractivity contribution in [3.8, 4) is 0 Å². The molecule has 0 radical (unpaired) electrons. The van der Waals surface area contributed by atoms with Crippen molar-refractivity contribution in [3.05, 3.63) is 53.6 Å². The molecule has 0 atom stereocenters. The number of aryl methyl sites for hydroxylation is 1. The van der Waals surface area contributed by atoms with Crippen LogP contribution >= 0.6 is 0 Å². The molecule has 0 aliphatic carbocycles. The van der Waals surface area contributed by atoms with Gasteiger partial charge in [0.25, 0.3) is 0 Å². The van der Waals surface area contributed by atoms with Crippen LogP contribution in [-0.2, 0) is 17.9 Å². The van der Waals surface area contributed by atoms with Gasteiger partial charge in [-0.1, -0.05) is 6.07 Å². The van der Waals surface area contributed by atoms with Crippen LogP contribution in [0.3, 0.4) is 0 Å². The summed E-state index contributed by atoms with van der Waals surface area (Å²) in [6.07, 6.45) is 1.58. The Kier molecular flexibility index (Phi) is 4.37. The van der Waals surface area contributed by atoms with Gasteiger partial charge in [-0.25, -0.2) is 4.79 Å². The predicted octanol–water partition coefficient (Wildman–Crippen LogP) is 1.55. The molecule has 0 saturated heterocycles. The number of carbonyl (C=O) groups is 2. The molecule has 2 rings (SSSR count). The maximum absolute atomic E-state index is 12.2. The molecule has 6 heteroatoms. The summed E-state index contributed by atoms with van der Waals surface area (Å²) in [6, 6.07) is 8.72. The average molecular weight is 287 g/mol. The molecular weight excluding hydrogens is 270 g/mol. The van der Waals surface area contributed by atoms with Crippen molar-refractivity contribution in [2.45, 2.75) is 20.0 Å². The maximum Gasteiger partial charge on any atom is 0.352 e. The van der Waals surface area contributed by atoms with Crippen molar-refractivity contribution in [1.82, 2.24) is 14.5 Å². The van der Waals surface area contributed by atoms with Crippen molar-refractivity contribution in [1.29, 1.82) is 0 Å². The van der Waals surface area contributed by atoms with Gasteiger partial charge in [-0.05, 0) is 31.2 Å². The van der Waals surface area contributed by atoms with Crippen molar-refractivity contribution in [2.24, 2.45) is 0 Å². The SMILES string of the molecule is Cc1cccc(CN(C)C(=O)Cn2cccc2C(=O)O)n1. The van der Waals surface area contributed by atoms with E-state index in [0.717, 1.165) is 11.4 Å². The number of nitrogens with zero attached hydrogens (tertiary/aromatic N) is 3. The van der Waals surface area contributed by atoms with Gasteiger partial charge in [0.2, 0.25) is 5.91 Å². The Balaban J connectivity index is 2.03. The molecule has 0 fully saturated rings. The third kappa shape index (κ3) is 3.68. The summed E-state index contributed by atoms with van der Waals surface area (Å²) >= 11 is 0. The minimum Gasteiger partial charge on any atom is -0.477 e. The number of carboxylic acid groups (broad SMARTS) is 1. The van der Waals surface area contributed by atoms with E-state index in [2.05, 4.69) is 4.98 Å². The molecule has 2 aromatic rings. The van der Waals surface area contributed by atoms with Gasteiger partial charge in [0, 0.05) is 18.9 Å². The lowest BCUT2D eigenvalue weighted by atomic mass is 10.3. The summed E-state index contributed by atoms with van der Waals surface area (Å²) < 4.78 is 1.42. The van der Waals surface area contributed by atoms with E-state index >= 15 is 0 Å². The van der Waals surface area contributed by atoms with Crippen LogP contribution in [0.2, 0.25) is 0 Å². The zero-order valence-electron chi connectivity index (χ0n) is 12.0. The van der Waals surface area contributed by atoms with Gasteiger partial charge in [-0.15, -0.1) is 0 Å². The van der Waals surface area contributed by atoms with Gasteiger partial charge in [0.05, 0.1) is 12.2 Å².